The minimum Gasteiger partial charge on any atom is -0.497 e. The van der Waals surface area contributed by atoms with Crippen LogP contribution in [0.3, 0.4) is 0 Å². The van der Waals surface area contributed by atoms with E-state index in [0.29, 0.717) is 17.2 Å². The Kier molecular flexibility index (Phi) is 5.34. The molecule has 5 rings (SSSR count). The van der Waals surface area contributed by atoms with Crippen LogP contribution in [0.1, 0.15) is 29.7 Å². The number of ether oxygens (including phenoxy) is 2. The van der Waals surface area contributed by atoms with Crippen LogP contribution in [-0.2, 0) is 9.53 Å². The maximum absolute atomic E-state index is 13.5. The van der Waals surface area contributed by atoms with Gasteiger partial charge in [-0.15, -0.1) is 0 Å². The first kappa shape index (κ1) is 20.8. The molecule has 0 fully saturated rings. The largest absolute Gasteiger partial charge is 0.497 e. The lowest BCUT2D eigenvalue weighted by atomic mass is 9.90. The molecule has 6 heteroatoms. The summed E-state index contributed by atoms with van der Waals surface area (Å²) in [6, 6.07) is 23.3. The van der Waals surface area contributed by atoms with Crippen molar-refractivity contribution in [2.75, 3.05) is 19.0 Å². The third-order valence-corrected chi connectivity index (χ3v) is 5.99. The van der Waals surface area contributed by atoms with Gasteiger partial charge in [0, 0.05) is 0 Å². The zero-order valence-electron chi connectivity index (χ0n) is 18.8. The molecule has 3 aromatic carbocycles. The van der Waals surface area contributed by atoms with Gasteiger partial charge in [-0.2, -0.15) is 0 Å². The van der Waals surface area contributed by atoms with E-state index in [1.54, 1.807) is 7.11 Å². The van der Waals surface area contributed by atoms with Crippen LogP contribution in [0.2, 0.25) is 0 Å². The van der Waals surface area contributed by atoms with Gasteiger partial charge in [0.05, 0.1) is 42.1 Å². The highest BCUT2D eigenvalue weighted by molar-refractivity contribution is 6.03. The number of nitrogens with one attached hydrogen (secondary N) is 1. The lowest BCUT2D eigenvalue weighted by Crippen LogP contribution is -2.29. The number of anilines is 1. The van der Waals surface area contributed by atoms with Crippen molar-refractivity contribution < 1.29 is 14.3 Å². The summed E-state index contributed by atoms with van der Waals surface area (Å²) in [4.78, 5) is 18.3. The SMILES string of the molecule is CCOC(=O)C1=C(c2ccc(OC)cc2)Nc2nc3ccccc3n2[C@H]1c1ccccc1C. The van der Waals surface area contributed by atoms with Crippen molar-refractivity contribution in [1.82, 2.24) is 9.55 Å². The average molecular weight is 440 g/mol. The quantitative estimate of drug-likeness (QED) is 0.425. The number of aromatic nitrogens is 2. The second-order valence-corrected chi connectivity index (χ2v) is 7.92. The van der Waals surface area contributed by atoms with Crippen molar-refractivity contribution in [3.63, 3.8) is 0 Å². The van der Waals surface area contributed by atoms with Gasteiger partial charge in [0.1, 0.15) is 5.75 Å². The van der Waals surface area contributed by atoms with Gasteiger partial charge >= 0.3 is 5.97 Å². The summed E-state index contributed by atoms with van der Waals surface area (Å²) in [5.74, 6) is 1.08. The van der Waals surface area contributed by atoms with Crippen molar-refractivity contribution in [3.05, 3.63) is 95.1 Å². The van der Waals surface area contributed by atoms with Gasteiger partial charge in [-0.05, 0) is 66.9 Å². The standard InChI is InChI=1S/C27H25N3O3/c1-4-33-26(31)23-24(18-13-15-19(32-3)16-14-18)29-27-28-21-11-7-8-12-22(21)30(27)25(23)20-10-6-5-9-17(20)2/h5-16,25H,4H2,1-3H3,(H,28,29)/t25-/m0/s1. The van der Waals surface area contributed by atoms with E-state index in [0.717, 1.165) is 33.5 Å². The molecule has 6 nitrogen and oxygen atoms in total. The van der Waals surface area contributed by atoms with Gasteiger partial charge < -0.3 is 14.8 Å². The van der Waals surface area contributed by atoms with Crippen LogP contribution in [0.25, 0.3) is 16.7 Å². The van der Waals surface area contributed by atoms with Gasteiger partial charge in [0.25, 0.3) is 0 Å². The molecular weight excluding hydrogens is 414 g/mol. The third kappa shape index (κ3) is 3.53. The maximum atomic E-state index is 13.5. The lowest BCUT2D eigenvalue weighted by Gasteiger charge is -2.32. The van der Waals surface area contributed by atoms with Crippen LogP contribution >= 0.6 is 0 Å². The molecule has 1 N–H and O–H groups in total. The first-order valence-corrected chi connectivity index (χ1v) is 11.0. The number of carbonyl (C=O) groups excluding carboxylic acids is 1. The van der Waals surface area contributed by atoms with Crippen molar-refractivity contribution in [2.24, 2.45) is 0 Å². The predicted octanol–water partition coefficient (Wildman–Crippen LogP) is 5.34. The third-order valence-electron chi connectivity index (χ3n) is 5.99. The second kappa shape index (κ2) is 8.47. The van der Waals surface area contributed by atoms with Crippen molar-refractivity contribution in [1.29, 1.82) is 0 Å². The van der Waals surface area contributed by atoms with Gasteiger partial charge in [-0.3, -0.25) is 4.57 Å². The number of benzene rings is 3. The molecule has 1 aliphatic heterocycles. The molecule has 166 valence electrons. The van der Waals surface area contributed by atoms with Crippen LogP contribution in [0.4, 0.5) is 5.95 Å². The molecule has 0 saturated carbocycles. The summed E-state index contributed by atoms with van der Waals surface area (Å²) >= 11 is 0. The molecule has 0 saturated heterocycles. The Morgan fingerprint density at radius 2 is 1.76 bits per heavy atom. The van der Waals surface area contributed by atoms with Crippen LogP contribution in [0.5, 0.6) is 5.75 Å². The maximum Gasteiger partial charge on any atom is 0.338 e. The molecule has 1 atom stereocenters. The van der Waals surface area contributed by atoms with Gasteiger partial charge in [-0.25, -0.2) is 9.78 Å². The Hall–Kier alpha value is -4.06. The van der Waals surface area contributed by atoms with E-state index >= 15 is 0 Å². The molecule has 33 heavy (non-hydrogen) atoms. The number of nitrogens with zero attached hydrogens (tertiary/aromatic N) is 2. The summed E-state index contributed by atoms with van der Waals surface area (Å²) in [7, 11) is 1.63. The summed E-state index contributed by atoms with van der Waals surface area (Å²) < 4.78 is 13.0. The number of imidazole rings is 1. The predicted molar refractivity (Wildman–Crippen MR) is 129 cm³/mol. The monoisotopic (exact) mass is 439 g/mol. The van der Waals surface area contributed by atoms with E-state index in [-0.39, 0.29) is 12.6 Å². The molecule has 0 radical (unpaired) electrons. The number of para-hydroxylation sites is 2. The summed E-state index contributed by atoms with van der Waals surface area (Å²) in [5.41, 5.74) is 6.01. The summed E-state index contributed by atoms with van der Waals surface area (Å²) in [6.07, 6.45) is 0. The molecule has 0 unspecified atom stereocenters. The number of hydrogen-bond acceptors (Lipinski definition) is 5. The minimum atomic E-state index is -0.397. The molecule has 1 aromatic heterocycles. The molecule has 4 aromatic rings. The Bertz CT molecular complexity index is 1370. The Morgan fingerprint density at radius 1 is 1.03 bits per heavy atom. The molecule has 1 aliphatic rings. The van der Waals surface area contributed by atoms with Crippen LogP contribution in [0.15, 0.2) is 78.4 Å². The number of carbonyl (C=O) groups is 1. The lowest BCUT2D eigenvalue weighted by molar-refractivity contribution is -0.138. The fourth-order valence-corrected chi connectivity index (χ4v) is 4.44. The number of fused-ring (bicyclic) bond motifs is 3. The van der Waals surface area contributed by atoms with Crippen LogP contribution in [0, 0.1) is 6.92 Å². The summed E-state index contributed by atoms with van der Waals surface area (Å²) in [5, 5.41) is 3.44. The zero-order chi connectivity index (χ0) is 22.9. The molecule has 0 aliphatic carbocycles. The summed E-state index contributed by atoms with van der Waals surface area (Å²) in [6.45, 7) is 4.17. The first-order chi connectivity index (χ1) is 16.1. The Morgan fingerprint density at radius 3 is 2.48 bits per heavy atom. The van der Waals surface area contributed by atoms with Crippen LogP contribution < -0.4 is 10.1 Å². The molecule has 0 bridgehead atoms. The van der Waals surface area contributed by atoms with Gasteiger partial charge in [0.2, 0.25) is 5.95 Å². The fraction of sp³-hybridized carbons (Fsp3) is 0.185. The van der Waals surface area contributed by atoms with Crippen LogP contribution in [-0.4, -0.2) is 29.2 Å². The average Bonchev–Trinajstić information content (AvgIpc) is 3.22. The highest BCUT2D eigenvalue weighted by Crippen LogP contribution is 2.43. The zero-order valence-corrected chi connectivity index (χ0v) is 18.8. The Labute approximate surface area is 192 Å². The number of rotatable bonds is 5. The molecular formula is C27H25N3O3. The fourth-order valence-electron chi connectivity index (χ4n) is 4.44. The van der Waals surface area contributed by atoms with E-state index in [4.69, 9.17) is 14.5 Å². The number of methoxy groups -OCH3 is 1. The van der Waals surface area contributed by atoms with E-state index in [9.17, 15) is 4.79 Å². The first-order valence-electron chi connectivity index (χ1n) is 11.0. The van der Waals surface area contributed by atoms with Crippen molar-refractivity contribution in [2.45, 2.75) is 19.9 Å². The van der Waals surface area contributed by atoms with E-state index < -0.39 is 6.04 Å². The number of esters is 1. The highest BCUT2D eigenvalue weighted by atomic mass is 16.5. The highest BCUT2D eigenvalue weighted by Gasteiger charge is 2.37. The van der Waals surface area contributed by atoms with E-state index in [2.05, 4.69) is 28.9 Å². The van der Waals surface area contributed by atoms with Crippen molar-refractivity contribution in [3.8, 4) is 5.75 Å². The second-order valence-electron chi connectivity index (χ2n) is 7.92. The topological polar surface area (TPSA) is 65.4 Å². The number of aryl methyl sites for hydroxylation is 1. The van der Waals surface area contributed by atoms with E-state index in [1.165, 1.54) is 0 Å². The van der Waals surface area contributed by atoms with Crippen molar-refractivity contribution >= 4 is 28.6 Å². The molecule has 0 amide bonds. The smallest absolute Gasteiger partial charge is 0.338 e. The molecule has 0 spiro atoms. The Balaban J connectivity index is 1.83. The van der Waals surface area contributed by atoms with Gasteiger partial charge in [-0.1, -0.05) is 36.4 Å². The van der Waals surface area contributed by atoms with E-state index in [1.807, 2.05) is 67.6 Å². The molecule has 2 heterocycles. The minimum absolute atomic E-state index is 0.288. The normalized spacial score (nSPS) is 15.2. The number of hydrogen-bond donors (Lipinski definition) is 1. The van der Waals surface area contributed by atoms with Gasteiger partial charge in [0.15, 0.2) is 0 Å².